The lowest BCUT2D eigenvalue weighted by Gasteiger charge is -2.15. The number of benzene rings is 1. The Morgan fingerprint density at radius 3 is 2.68 bits per heavy atom. The molecule has 2 aromatic rings. The molecule has 0 saturated heterocycles. The van der Waals surface area contributed by atoms with Crippen LogP contribution < -0.4 is 5.32 Å². The fraction of sp³-hybridized carbons (Fsp3) is 0.357. The van der Waals surface area contributed by atoms with Crippen molar-refractivity contribution in [1.82, 2.24) is 9.55 Å². The molecule has 0 radical (unpaired) electrons. The number of aryl methyl sites for hydroxylation is 1. The molecule has 102 valence electrons. The SMILES string of the molecule is COCC(C)Nc1nc(C)cn1-c1ccc(I)cc1. The highest BCUT2D eigenvalue weighted by Gasteiger charge is 2.10. The van der Waals surface area contributed by atoms with Gasteiger partial charge in [0.25, 0.3) is 0 Å². The highest BCUT2D eigenvalue weighted by molar-refractivity contribution is 14.1. The lowest BCUT2D eigenvalue weighted by atomic mass is 10.3. The first-order valence-electron chi connectivity index (χ1n) is 6.17. The number of halogens is 1. The minimum atomic E-state index is 0.217. The van der Waals surface area contributed by atoms with E-state index in [1.165, 1.54) is 3.57 Å². The second-order valence-corrected chi connectivity index (χ2v) is 5.80. The Morgan fingerprint density at radius 2 is 2.05 bits per heavy atom. The maximum atomic E-state index is 5.14. The summed E-state index contributed by atoms with van der Waals surface area (Å²) in [6.45, 7) is 4.72. The van der Waals surface area contributed by atoms with E-state index in [9.17, 15) is 0 Å². The van der Waals surface area contributed by atoms with Gasteiger partial charge in [0, 0.05) is 28.6 Å². The summed E-state index contributed by atoms with van der Waals surface area (Å²) in [6, 6.07) is 8.58. The molecule has 1 aromatic heterocycles. The van der Waals surface area contributed by atoms with Gasteiger partial charge in [-0.25, -0.2) is 4.98 Å². The average molecular weight is 371 g/mol. The standard InChI is InChI=1S/C14H18IN3O/c1-10-8-18(13-6-4-12(15)5-7-13)14(16-10)17-11(2)9-19-3/h4-8,11H,9H2,1-3H3,(H,16,17). The zero-order valence-electron chi connectivity index (χ0n) is 11.4. The van der Waals surface area contributed by atoms with Gasteiger partial charge in [-0.2, -0.15) is 0 Å². The van der Waals surface area contributed by atoms with Gasteiger partial charge in [-0.1, -0.05) is 0 Å². The molecule has 4 nitrogen and oxygen atoms in total. The molecular weight excluding hydrogens is 353 g/mol. The predicted octanol–water partition coefficient (Wildman–Crippen LogP) is 3.23. The molecule has 5 heteroatoms. The summed E-state index contributed by atoms with van der Waals surface area (Å²) in [6.07, 6.45) is 2.03. The number of hydrogen-bond acceptors (Lipinski definition) is 3. The largest absolute Gasteiger partial charge is 0.383 e. The number of aromatic nitrogens is 2. The Bertz CT molecular complexity index is 536. The van der Waals surface area contributed by atoms with Crippen LogP contribution in [-0.2, 0) is 4.74 Å². The van der Waals surface area contributed by atoms with E-state index in [4.69, 9.17) is 4.74 Å². The third-order valence-electron chi connectivity index (χ3n) is 2.72. The molecule has 1 N–H and O–H groups in total. The van der Waals surface area contributed by atoms with Crippen LogP contribution in [0, 0.1) is 10.5 Å². The summed E-state index contributed by atoms with van der Waals surface area (Å²) in [7, 11) is 1.70. The van der Waals surface area contributed by atoms with Gasteiger partial charge in [0.2, 0.25) is 5.95 Å². The topological polar surface area (TPSA) is 39.1 Å². The van der Waals surface area contributed by atoms with Crippen LogP contribution in [0.15, 0.2) is 30.5 Å². The Kier molecular flexibility index (Phi) is 4.81. The minimum Gasteiger partial charge on any atom is -0.383 e. The fourth-order valence-corrected chi connectivity index (χ4v) is 2.27. The second-order valence-electron chi connectivity index (χ2n) is 4.55. The molecule has 19 heavy (non-hydrogen) atoms. The van der Waals surface area contributed by atoms with Crippen molar-refractivity contribution in [1.29, 1.82) is 0 Å². The minimum absolute atomic E-state index is 0.217. The van der Waals surface area contributed by atoms with Crippen LogP contribution in [0.4, 0.5) is 5.95 Å². The molecule has 0 aliphatic carbocycles. The molecule has 0 saturated carbocycles. The summed E-state index contributed by atoms with van der Waals surface area (Å²) in [5.41, 5.74) is 2.10. The first-order chi connectivity index (χ1) is 9.10. The molecule has 1 atom stereocenters. The molecular formula is C14H18IN3O. The average Bonchev–Trinajstić information content (AvgIpc) is 2.71. The van der Waals surface area contributed by atoms with E-state index in [1.807, 2.05) is 13.1 Å². The lowest BCUT2D eigenvalue weighted by molar-refractivity contribution is 0.190. The van der Waals surface area contributed by atoms with Gasteiger partial charge in [0.05, 0.1) is 12.3 Å². The summed E-state index contributed by atoms with van der Waals surface area (Å²) >= 11 is 2.30. The lowest BCUT2D eigenvalue weighted by Crippen LogP contribution is -2.22. The molecule has 0 amide bonds. The molecule has 0 spiro atoms. The number of methoxy groups -OCH3 is 1. The van der Waals surface area contributed by atoms with Gasteiger partial charge in [0.15, 0.2) is 0 Å². The second kappa shape index (κ2) is 6.38. The maximum Gasteiger partial charge on any atom is 0.208 e. The maximum absolute atomic E-state index is 5.14. The van der Waals surface area contributed by atoms with Crippen LogP contribution in [-0.4, -0.2) is 29.3 Å². The molecule has 1 aromatic carbocycles. The van der Waals surface area contributed by atoms with Crippen LogP contribution >= 0.6 is 22.6 Å². The van der Waals surface area contributed by atoms with E-state index in [1.54, 1.807) is 7.11 Å². The molecule has 0 bridgehead atoms. The highest BCUT2D eigenvalue weighted by atomic mass is 127. The van der Waals surface area contributed by atoms with Gasteiger partial charge in [-0.15, -0.1) is 0 Å². The number of hydrogen-bond donors (Lipinski definition) is 1. The van der Waals surface area contributed by atoms with E-state index in [-0.39, 0.29) is 6.04 Å². The van der Waals surface area contributed by atoms with Gasteiger partial charge in [-0.05, 0) is 60.7 Å². The summed E-state index contributed by atoms with van der Waals surface area (Å²) in [5, 5.41) is 3.37. The van der Waals surface area contributed by atoms with Crippen molar-refractivity contribution in [3.8, 4) is 5.69 Å². The normalized spacial score (nSPS) is 12.4. The zero-order valence-corrected chi connectivity index (χ0v) is 13.5. The molecule has 1 unspecified atom stereocenters. The number of anilines is 1. The highest BCUT2D eigenvalue weighted by Crippen LogP contribution is 2.18. The molecule has 0 fully saturated rings. The van der Waals surface area contributed by atoms with Crippen LogP contribution in [0.3, 0.4) is 0 Å². The number of nitrogens with one attached hydrogen (secondary N) is 1. The van der Waals surface area contributed by atoms with Crippen molar-refractivity contribution in [3.05, 3.63) is 39.7 Å². The van der Waals surface area contributed by atoms with E-state index < -0.39 is 0 Å². The molecule has 1 heterocycles. The van der Waals surface area contributed by atoms with Gasteiger partial charge in [0.1, 0.15) is 0 Å². The fourth-order valence-electron chi connectivity index (χ4n) is 1.91. The number of nitrogens with zero attached hydrogens (tertiary/aromatic N) is 2. The quantitative estimate of drug-likeness (QED) is 0.821. The Morgan fingerprint density at radius 1 is 1.37 bits per heavy atom. The Hall–Kier alpha value is -1.08. The monoisotopic (exact) mass is 371 g/mol. The number of ether oxygens (including phenoxy) is 1. The first-order valence-corrected chi connectivity index (χ1v) is 7.25. The third kappa shape index (κ3) is 3.70. The number of imidazole rings is 1. The predicted molar refractivity (Wildman–Crippen MR) is 86.0 cm³/mol. The van der Waals surface area contributed by atoms with Gasteiger partial charge < -0.3 is 10.1 Å². The Labute approximate surface area is 127 Å². The summed E-state index contributed by atoms with van der Waals surface area (Å²) in [5.74, 6) is 0.850. The van der Waals surface area contributed by atoms with Crippen molar-refractivity contribution < 1.29 is 4.74 Å². The zero-order chi connectivity index (χ0) is 13.8. The van der Waals surface area contributed by atoms with Crippen molar-refractivity contribution >= 4 is 28.5 Å². The summed E-state index contributed by atoms with van der Waals surface area (Å²) < 4.78 is 8.43. The molecule has 0 aliphatic heterocycles. The molecule has 2 rings (SSSR count). The van der Waals surface area contributed by atoms with Crippen molar-refractivity contribution in [2.45, 2.75) is 19.9 Å². The van der Waals surface area contributed by atoms with E-state index in [0.717, 1.165) is 17.3 Å². The molecule has 0 aliphatic rings. The van der Waals surface area contributed by atoms with Gasteiger partial charge >= 0.3 is 0 Å². The van der Waals surface area contributed by atoms with Crippen LogP contribution in [0.25, 0.3) is 5.69 Å². The van der Waals surface area contributed by atoms with E-state index in [0.29, 0.717) is 6.61 Å². The van der Waals surface area contributed by atoms with Crippen molar-refractivity contribution in [2.75, 3.05) is 19.0 Å². The number of rotatable bonds is 5. The third-order valence-corrected chi connectivity index (χ3v) is 3.44. The first kappa shape index (κ1) is 14.3. The van der Waals surface area contributed by atoms with Crippen LogP contribution in [0.2, 0.25) is 0 Å². The van der Waals surface area contributed by atoms with E-state index >= 15 is 0 Å². The van der Waals surface area contributed by atoms with E-state index in [2.05, 4.69) is 68.6 Å². The van der Waals surface area contributed by atoms with Crippen LogP contribution in [0.5, 0.6) is 0 Å². The van der Waals surface area contributed by atoms with Gasteiger partial charge in [-0.3, -0.25) is 4.57 Å². The summed E-state index contributed by atoms with van der Waals surface area (Å²) in [4.78, 5) is 4.53. The van der Waals surface area contributed by atoms with Crippen LogP contribution in [0.1, 0.15) is 12.6 Å². The van der Waals surface area contributed by atoms with Crippen molar-refractivity contribution in [3.63, 3.8) is 0 Å². The Balaban J connectivity index is 2.27. The van der Waals surface area contributed by atoms with Crippen molar-refractivity contribution in [2.24, 2.45) is 0 Å². The smallest absolute Gasteiger partial charge is 0.208 e.